The molecule has 82 valence electrons. The number of primary amides is 1. The molecule has 0 bridgehead atoms. The van der Waals surface area contributed by atoms with E-state index in [4.69, 9.17) is 5.73 Å². The van der Waals surface area contributed by atoms with Gasteiger partial charge in [-0.05, 0) is 6.42 Å². The summed E-state index contributed by atoms with van der Waals surface area (Å²) >= 11 is 0. The van der Waals surface area contributed by atoms with Gasteiger partial charge in [0.15, 0.2) is 0 Å². The molecule has 3 amide bonds. The van der Waals surface area contributed by atoms with Gasteiger partial charge in [0.05, 0.1) is 6.54 Å². The van der Waals surface area contributed by atoms with E-state index in [-0.39, 0.29) is 12.5 Å². The van der Waals surface area contributed by atoms with Crippen LogP contribution < -0.4 is 21.7 Å². The zero-order chi connectivity index (χ0) is 10.8. The fourth-order valence-corrected chi connectivity index (χ4v) is 0.803. The van der Waals surface area contributed by atoms with Gasteiger partial charge in [-0.15, -0.1) is 0 Å². The lowest BCUT2D eigenvalue weighted by Gasteiger charge is -2.05. The predicted molar refractivity (Wildman–Crippen MR) is 53.8 cm³/mol. The molecule has 0 spiro atoms. The Bertz CT molecular complexity index is 184. The Balaban J connectivity index is 3.19. The number of urea groups is 1. The lowest BCUT2D eigenvalue weighted by molar-refractivity contribution is -0.120. The van der Waals surface area contributed by atoms with Gasteiger partial charge in [-0.25, -0.2) is 4.79 Å². The highest BCUT2D eigenvalue weighted by molar-refractivity contribution is 5.77. The quantitative estimate of drug-likeness (QED) is 0.389. The molecule has 6 nitrogen and oxygen atoms in total. The maximum absolute atomic E-state index is 11.0. The largest absolute Gasteiger partial charge is 0.355 e. The van der Waals surface area contributed by atoms with E-state index in [0.717, 1.165) is 6.42 Å². The first-order valence-electron chi connectivity index (χ1n) is 4.67. The summed E-state index contributed by atoms with van der Waals surface area (Å²) in [5.41, 5.74) is 4.84. The third-order valence-corrected chi connectivity index (χ3v) is 1.46. The molecule has 0 rings (SSSR count). The number of rotatable bonds is 7. The minimum absolute atomic E-state index is 0.0362. The summed E-state index contributed by atoms with van der Waals surface area (Å²) in [7, 11) is 0. The molecule has 0 fully saturated rings. The Morgan fingerprint density at radius 3 is 2.43 bits per heavy atom. The normalized spacial score (nSPS) is 9.50. The molecule has 0 aliphatic rings. The highest BCUT2D eigenvalue weighted by atomic mass is 16.2. The lowest BCUT2D eigenvalue weighted by Crippen LogP contribution is -2.39. The van der Waals surface area contributed by atoms with Gasteiger partial charge in [-0.1, -0.05) is 6.92 Å². The second kappa shape index (κ2) is 8.31. The summed E-state index contributed by atoms with van der Waals surface area (Å²) in [6.07, 6.45) is 0.926. The van der Waals surface area contributed by atoms with E-state index in [2.05, 4.69) is 16.0 Å². The number of amides is 3. The van der Waals surface area contributed by atoms with Gasteiger partial charge in [0, 0.05) is 19.6 Å². The monoisotopic (exact) mass is 202 g/mol. The zero-order valence-corrected chi connectivity index (χ0v) is 8.43. The topological polar surface area (TPSA) is 96.2 Å². The fourth-order valence-electron chi connectivity index (χ4n) is 0.803. The second-order valence-corrected chi connectivity index (χ2v) is 2.82. The van der Waals surface area contributed by atoms with E-state index in [9.17, 15) is 9.59 Å². The van der Waals surface area contributed by atoms with Crippen molar-refractivity contribution < 1.29 is 9.59 Å². The van der Waals surface area contributed by atoms with E-state index in [1.165, 1.54) is 0 Å². The summed E-state index contributed by atoms with van der Waals surface area (Å²) in [4.78, 5) is 21.3. The van der Waals surface area contributed by atoms with Gasteiger partial charge in [0.1, 0.15) is 0 Å². The highest BCUT2D eigenvalue weighted by Crippen LogP contribution is 1.70. The van der Waals surface area contributed by atoms with Crippen LogP contribution >= 0.6 is 0 Å². The zero-order valence-electron chi connectivity index (χ0n) is 8.43. The molecule has 0 aromatic carbocycles. The standard InChI is InChI=1S/C8H18N4O2/c1-2-3-11-7(13)6-10-4-5-12-8(9)14/h10H,2-6H2,1H3,(H,11,13)(H3,9,12,14). The van der Waals surface area contributed by atoms with Crippen molar-refractivity contribution in [1.29, 1.82) is 0 Å². The van der Waals surface area contributed by atoms with Gasteiger partial charge in [-0.2, -0.15) is 0 Å². The Labute approximate surface area is 83.6 Å². The summed E-state index contributed by atoms with van der Waals surface area (Å²) in [6, 6.07) is -0.553. The van der Waals surface area contributed by atoms with E-state index >= 15 is 0 Å². The molecule has 14 heavy (non-hydrogen) atoms. The van der Waals surface area contributed by atoms with E-state index in [0.29, 0.717) is 19.6 Å². The Morgan fingerprint density at radius 1 is 1.14 bits per heavy atom. The first kappa shape index (κ1) is 12.7. The number of hydrogen-bond acceptors (Lipinski definition) is 3. The van der Waals surface area contributed by atoms with Crippen molar-refractivity contribution in [1.82, 2.24) is 16.0 Å². The second-order valence-electron chi connectivity index (χ2n) is 2.82. The molecule has 0 aliphatic heterocycles. The molecule has 0 aliphatic carbocycles. The molecule has 0 aromatic heterocycles. The van der Waals surface area contributed by atoms with Crippen molar-refractivity contribution in [2.45, 2.75) is 13.3 Å². The van der Waals surface area contributed by atoms with Crippen molar-refractivity contribution in [3.8, 4) is 0 Å². The van der Waals surface area contributed by atoms with Crippen LogP contribution in [0.3, 0.4) is 0 Å². The number of nitrogens with two attached hydrogens (primary N) is 1. The molecule has 0 saturated heterocycles. The minimum atomic E-state index is -0.553. The maximum atomic E-state index is 11.0. The third-order valence-electron chi connectivity index (χ3n) is 1.46. The number of hydrogen-bond donors (Lipinski definition) is 4. The Morgan fingerprint density at radius 2 is 1.86 bits per heavy atom. The number of carbonyl (C=O) groups excluding carboxylic acids is 2. The first-order valence-corrected chi connectivity index (χ1v) is 4.67. The molecule has 6 heteroatoms. The molecule has 0 atom stereocenters. The van der Waals surface area contributed by atoms with E-state index < -0.39 is 6.03 Å². The molecule has 5 N–H and O–H groups in total. The predicted octanol–water partition coefficient (Wildman–Crippen LogP) is -1.23. The molecule has 0 unspecified atom stereocenters. The SMILES string of the molecule is CCCNC(=O)CNCCNC(N)=O. The van der Waals surface area contributed by atoms with Gasteiger partial charge in [0.25, 0.3) is 0 Å². The van der Waals surface area contributed by atoms with Crippen LogP contribution in [-0.4, -0.2) is 38.1 Å². The molecule has 0 saturated carbocycles. The van der Waals surface area contributed by atoms with Crippen LogP contribution in [-0.2, 0) is 4.79 Å². The van der Waals surface area contributed by atoms with Crippen LogP contribution in [0.5, 0.6) is 0 Å². The van der Waals surface area contributed by atoms with Crippen molar-refractivity contribution in [2.75, 3.05) is 26.2 Å². The van der Waals surface area contributed by atoms with Gasteiger partial charge < -0.3 is 21.7 Å². The number of nitrogens with one attached hydrogen (secondary N) is 3. The molecule has 0 aromatic rings. The summed E-state index contributed by atoms with van der Waals surface area (Å²) in [5.74, 6) is -0.0362. The van der Waals surface area contributed by atoms with E-state index in [1.807, 2.05) is 6.92 Å². The Kier molecular flexibility index (Phi) is 7.53. The van der Waals surface area contributed by atoms with Crippen molar-refractivity contribution in [3.63, 3.8) is 0 Å². The Hall–Kier alpha value is -1.30. The molecule has 0 heterocycles. The maximum Gasteiger partial charge on any atom is 0.312 e. The van der Waals surface area contributed by atoms with Crippen molar-refractivity contribution in [2.24, 2.45) is 5.73 Å². The molecular formula is C8H18N4O2. The summed E-state index contributed by atoms with van der Waals surface area (Å²) < 4.78 is 0. The summed E-state index contributed by atoms with van der Waals surface area (Å²) in [6.45, 7) is 3.91. The lowest BCUT2D eigenvalue weighted by atomic mass is 10.4. The third kappa shape index (κ3) is 8.79. The van der Waals surface area contributed by atoms with Crippen LogP contribution in [0.25, 0.3) is 0 Å². The number of carbonyl (C=O) groups is 2. The van der Waals surface area contributed by atoms with E-state index in [1.54, 1.807) is 0 Å². The summed E-state index contributed by atoms with van der Waals surface area (Å²) in [5, 5.41) is 7.99. The van der Waals surface area contributed by atoms with Crippen LogP contribution in [0.1, 0.15) is 13.3 Å². The van der Waals surface area contributed by atoms with Crippen LogP contribution in [0.4, 0.5) is 4.79 Å². The smallest absolute Gasteiger partial charge is 0.312 e. The van der Waals surface area contributed by atoms with Crippen LogP contribution in [0, 0.1) is 0 Å². The van der Waals surface area contributed by atoms with Gasteiger partial charge in [0.2, 0.25) is 5.91 Å². The highest BCUT2D eigenvalue weighted by Gasteiger charge is 1.97. The average Bonchev–Trinajstić information content (AvgIpc) is 2.13. The van der Waals surface area contributed by atoms with Crippen molar-refractivity contribution >= 4 is 11.9 Å². The fraction of sp³-hybridized carbons (Fsp3) is 0.750. The first-order chi connectivity index (χ1) is 6.66. The molecular weight excluding hydrogens is 184 g/mol. The van der Waals surface area contributed by atoms with Crippen LogP contribution in [0.15, 0.2) is 0 Å². The average molecular weight is 202 g/mol. The van der Waals surface area contributed by atoms with Gasteiger partial charge >= 0.3 is 6.03 Å². The van der Waals surface area contributed by atoms with Crippen LogP contribution in [0.2, 0.25) is 0 Å². The van der Waals surface area contributed by atoms with Crippen molar-refractivity contribution in [3.05, 3.63) is 0 Å². The minimum Gasteiger partial charge on any atom is -0.355 e. The molecule has 0 radical (unpaired) electrons. The van der Waals surface area contributed by atoms with Gasteiger partial charge in [-0.3, -0.25) is 4.79 Å².